The molecule has 222 valence electrons. The first-order valence-corrected chi connectivity index (χ1v) is 14.9. The molecule has 7 atom stereocenters. The fraction of sp³-hybridized carbons (Fsp3) is 0.594. The molecule has 1 aromatic heterocycles. The van der Waals surface area contributed by atoms with Crippen molar-refractivity contribution in [2.75, 3.05) is 32.1 Å². The maximum Gasteiger partial charge on any atom is 0.252 e. The highest BCUT2D eigenvalue weighted by molar-refractivity contribution is 5.95. The molecule has 2 saturated carbocycles. The molecule has 8 nitrogen and oxygen atoms in total. The maximum absolute atomic E-state index is 14.2. The number of piperazine rings is 1. The number of anilines is 1. The summed E-state index contributed by atoms with van der Waals surface area (Å²) in [6.07, 6.45) is 1.96. The van der Waals surface area contributed by atoms with Gasteiger partial charge in [-0.3, -0.25) is 4.79 Å². The van der Waals surface area contributed by atoms with E-state index in [1.54, 1.807) is 24.4 Å². The number of hydrogen-bond donors (Lipinski definition) is 3. The molecule has 3 fully saturated rings. The van der Waals surface area contributed by atoms with Gasteiger partial charge in [0.2, 0.25) is 0 Å². The quantitative estimate of drug-likeness (QED) is 0.337. The van der Waals surface area contributed by atoms with Gasteiger partial charge < -0.3 is 25.6 Å². The van der Waals surface area contributed by atoms with E-state index in [0.29, 0.717) is 77.0 Å². The number of guanidine groups is 1. The first-order valence-electron chi connectivity index (χ1n) is 14.9. The lowest BCUT2D eigenvalue weighted by Crippen LogP contribution is -2.69. The van der Waals surface area contributed by atoms with Gasteiger partial charge in [-0.05, 0) is 73.1 Å². The molecular formula is C32H45FN6O2. The molecule has 3 aliphatic rings. The number of carbonyl (C=O) groups excluding carboxylic acids is 1. The van der Waals surface area contributed by atoms with Gasteiger partial charge in [-0.25, -0.2) is 14.4 Å². The highest BCUT2D eigenvalue weighted by atomic mass is 19.1. The van der Waals surface area contributed by atoms with E-state index in [9.17, 15) is 9.18 Å². The van der Waals surface area contributed by atoms with Crippen LogP contribution in [-0.4, -0.2) is 66.6 Å². The standard InChI is InChI=1S/C32H45FN6O2/c1-18-16-39(17-19(2)36-18)31(38-29-20(3)28-27(29)21(4)32(28,5)6)37-26-11-9-23(15-35-26)30(40)34-13-12-22-8-10-24(41-7)14-25(22)33/h8-11,14-15,18-21,27-29,36H,12-13,16-17H2,1-7H3,(H,34,40)(H,35,37,38)/t18-,19-,20-,21+,27?,28+,29+/m0/s1. The zero-order valence-electron chi connectivity index (χ0n) is 25.4. The lowest BCUT2D eigenvalue weighted by atomic mass is 9.35. The number of hydrogen-bond acceptors (Lipinski definition) is 5. The average molecular weight is 565 g/mol. The fourth-order valence-corrected chi connectivity index (χ4v) is 7.47. The Morgan fingerprint density at radius 3 is 2.54 bits per heavy atom. The third-order valence-electron chi connectivity index (χ3n) is 9.86. The van der Waals surface area contributed by atoms with Crippen molar-refractivity contribution in [2.24, 2.45) is 34.1 Å². The number of rotatable bonds is 7. The van der Waals surface area contributed by atoms with Gasteiger partial charge in [0, 0.05) is 44.0 Å². The number of nitrogens with one attached hydrogen (secondary N) is 3. The minimum atomic E-state index is -0.344. The second-order valence-corrected chi connectivity index (χ2v) is 12.9. The summed E-state index contributed by atoms with van der Waals surface area (Å²) in [5.41, 5.74) is 1.36. The van der Waals surface area contributed by atoms with E-state index in [0.717, 1.165) is 25.0 Å². The predicted molar refractivity (Wildman–Crippen MR) is 161 cm³/mol. The van der Waals surface area contributed by atoms with Gasteiger partial charge in [0.25, 0.3) is 5.91 Å². The summed E-state index contributed by atoms with van der Waals surface area (Å²) in [6, 6.07) is 9.33. The van der Waals surface area contributed by atoms with Crippen LogP contribution in [0.4, 0.5) is 10.2 Å². The van der Waals surface area contributed by atoms with Crippen LogP contribution >= 0.6 is 0 Å². The van der Waals surface area contributed by atoms with E-state index < -0.39 is 0 Å². The van der Waals surface area contributed by atoms with E-state index in [1.807, 2.05) is 6.07 Å². The van der Waals surface area contributed by atoms with Crippen LogP contribution in [0.2, 0.25) is 0 Å². The second kappa shape index (κ2) is 11.6. The van der Waals surface area contributed by atoms with E-state index in [-0.39, 0.29) is 11.7 Å². The average Bonchev–Trinajstić information content (AvgIpc) is 2.93. The van der Waals surface area contributed by atoms with Crippen LogP contribution in [0.1, 0.15) is 57.5 Å². The highest BCUT2D eigenvalue weighted by Crippen LogP contribution is 2.68. The molecule has 2 aliphatic carbocycles. The maximum atomic E-state index is 14.2. The van der Waals surface area contributed by atoms with Crippen LogP contribution in [0, 0.1) is 34.9 Å². The summed E-state index contributed by atoms with van der Waals surface area (Å²) >= 11 is 0. The van der Waals surface area contributed by atoms with Crippen molar-refractivity contribution < 1.29 is 13.9 Å². The molecule has 0 spiro atoms. The number of methoxy groups -OCH3 is 1. The first kappa shape index (κ1) is 29.3. The van der Waals surface area contributed by atoms with Crippen molar-refractivity contribution in [3.8, 4) is 5.75 Å². The monoisotopic (exact) mass is 564 g/mol. The Morgan fingerprint density at radius 2 is 1.90 bits per heavy atom. The largest absolute Gasteiger partial charge is 0.497 e. The predicted octanol–water partition coefficient (Wildman–Crippen LogP) is 4.58. The van der Waals surface area contributed by atoms with Gasteiger partial charge in [-0.15, -0.1) is 0 Å². The molecule has 1 amide bonds. The third kappa shape index (κ3) is 5.78. The Labute approximate surface area is 243 Å². The molecule has 1 saturated heterocycles. The molecule has 9 heteroatoms. The molecular weight excluding hydrogens is 519 g/mol. The summed E-state index contributed by atoms with van der Waals surface area (Å²) in [5, 5.41) is 9.97. The van der Waals surface area contributed by atoms with Gasteiger partial charge in [0.1, 0.15) is 17.4 Å². The Bertz CT molecular complexity index is 1270. The van der Waals surface area contributed by atoms with Crippen molar-refractivity contribution >= 4 is 17.7 Å². The van der Waals surface area contributed by atoms with Crippen molar-refractivity contribution in [1.82, 2.24) is 20.5 Å². The number of nitrogens with zero attached hydrogens (tertiary/aromatic N) is 3. The zero-order valence-corrected chi connectivity index (χ0v) is 25.4. The van der Waals surface area contributed by atoms with Gasteiger partial charge >= 0.3 is 0 Å². The minimum absolute atomic E-state index is 0.243. The number of aliphatic imine (C=N–C) groups is 1. The topological polar surface area (TPSA) is 90.9 Å². The molecule has 41 heavy (non-hydrogen) atoms. The Balaban J connectivity index is 1.24. The van der Waals surface area contributed by atoms with E-state index in [4.69, 9.17) is 9.73 Å². The number of ether oxygens (including phenoxy) is 1. The summed E-state index contributed by atoms with van der Waals surface area (Å²) in [7, 11) is 1.50. The third-order valence-corrected chi connectivity index (χ3v) is 9.86. The highest BCUT2D eigenvalue weighted by Gasteiger charge is 2.67. The van der Waals surface area contributed by atoms with Crippen LogP contribution in [0.15, 0.2) is 41.5 Å². The second-order valence-electron chi connectivity index (χ2n) is 12.9. The van der Waals surface area contributed by atoms with Crippen molar-refractivity contribution in [3.05, 3.63) is 53.5 Å². The van der Waals surface area contributed by atoms with E-state index in [1.165, 1.54) is 13.2 Å². The number of pyridine rings is 1. The van der Waals surface area contributed by atoms with Crippen LogP contribution < -0.4 is 20.7 Å². The van der Waals surface area contributed by atoms with Crippen molar-refractivity contribution in [2.45, 2.75) is 66.1 Å². The zero-order chi connectivity index (χ0) is 29.5. The smallest absolute Gasteiger partial charge is 0.252 e. The van der Waals surface area contributed by atoms with Crippen LogP contribution in [-0.2, 0) is 6.42 Å². The number of benzene rings is 1. The fourth-order valence-electron chi connectivity index (χ4n) is 7.47. The van der Waals surface area contributed by atoms with Crippen LogP contribution in [0.3, 0.4) is 0 Å². The number of halogens is 1. The summed E-state index contributed by atoms with van der Waals surface area (Å²) in [5.74, 6) is 3.95. The Morgan fingerprint density at radius 1 is 1.17 bits per heavy atom. The lowest BCUT2D eigenvalue weighted by molar-refractivity contribution is -0.208. The van der Waals surface area contributed by atoms with E-state index in [2.05, 4.69) is 67.4 Å². The van der Waals surface area contributed by atoms with Gasteiger partial charge in [-0.2, -0.15) is 0 Å². The van der Waals surface area contributed by atoms with Crippen LogP contribution in [0.25, 0.3) is 0 Å². The molecule has 1 unspecified atom stereocenters. The molecule has 3 N–H and O–H groups in total. The minimum Gasteiger partial charge on any atom is -0.497 e. The molecule has 1 aliphatic heterocycles. The molecule has 2 aromatic rings. The molecule has 5 rings (SSSR count). The Hall–Kier alpha value is -3.20. The van der Waals surface area contributed by atoms with E-state index >= 15 is 0 Å². The first-order chi connectivity index (χ1) is 19.5. The number of fused-ring (bicyclic) bond motifs is 1. The molecule has 0 bridgehead atoms. The number of aromatic nitrogens is 1. The van der Waals surface area contributed by atoms with Gasteiger partial charge in [-0.1, -0.05) is 33.8 Å². The van der Waals surface area contributed by atoms with Crippen molar-refractivity contribution in [1.29, 1.82) is 0 Å². The molecule has 2 heterocycles. The number of carbonyl (C=O) groups is 1. The SMILES string of the molecule is COc1ccc(CCNC(=O)c2ccc(NC(=N[C@H]3C4[C@@H](C)C(C)(C)[C@@H]4[C@@H]3C)N3C[C@H](C)N[C@@H](C)C3)nc2)c(F)c1. The molecule has 0 radical (unpaired) electrons. The number of amides is 1. The summed E-state index contributed by atoms with van der Waals surface area (Å²) in [6.45, 7) is 16.0. The van der Waals surface area contributed by atoms with Gasteiger partial charge in [0.05, 0.1) is 18.7 Å². The summed E-state index contributed by atoms with van der Waals surface area (Å²) in [4.78, 5) is 25.0. The Kier molecular flexibility index (Phi) is 8.28. The van der Waals surface area contributed by atoms with Crippen LogP contribution in [0.5, 0.6) is 5.75 Å². The normalized spacial score (nSPS) is 30.5. The van der Waals surface area contributed by atoms with Gasteiger partial charge in [0.15, 0.2) is 5.96 Å². The summed E-state index contributed by atoms with van der Waals surface area (Å²) < 4.78 is 19.3. The van der Waals surface area contributed by atoms with Crippen molar-refractivity contribution in [3.63, 3.8) is 0 Å². The molecule has 1 aromatic carbocycles. The lowest BCUT2D eigenvalue weighted by Gasteiger charge is -2.70.